The van der Waals surface area contributed by atoms with Crippen LogP contribution < -0.4 is 0 Å². The van der Waals surface area contributed by atoms with Gasteiger partial charge in [0.25, 0.3) is 0 Å². The van der Waals surface area contributed by atoms with Crippen molar-refractivity contribution in [3.8, 4) is 5.75 Å². The Kier molecular flexibility index (Phi) is 3.53. The van der Waals surface area contributed by atoms with E-state index in [0.29, 0.717) is 6.42 Å². The third kappa shape index (κ3) is 2.87. The standard InChI is InChI=1S/C9H9IO3/c10-9-6(4-5-8(12)13)2-1-3-7(9)11/h1-3,11H,4-5H2,(H,12,13). The van der Waals surface area contributed by atoms with Crippen molar-refractivity contribution in [2.24, 2.45) is 0 Å². The van der Waals surface area contributed by atoms with E-state index in [0.717, 1.165) is 9.13 Å². The summed E-state index contributed by atoms with van der Waals surface area (Å²) in [6.45, 7) is 0. The van der Waals surface area contributed by atoms with Crippen LogP contribution in [-0.4, -0.2) is 16.2 Å². The van der Waals surface area contributed by atoms with Crippen LogP contribution >= 0.6 is 22.6 Å². The molecule has 2 N–H and O–H groups in total. The van der Waals surface area contributed by atoms with Crippen LogP contribution in [0.15, 0.2) is 18.2 Å². The van der Waals surface area contributed by atoms with Crippen LogP contribution in [0.2, 0.25) is 0 Å². The highest BCUT2D eigenvalue weighted by molar-refractivity contribution is 14.1. The molecule has 70 valence electrons. The number of carboxylic acids is 1. The van der Waals surface area contributed by atoms with E-state index in [1.54, 1.807) is 12.1 Å². The van der Waals surface area contributed by atoms with E-state index in [2.05, 4.69) is 0 Å². The molecule has 0 fully saturated rings. The van der Waals surface area contributed by atoms with Gasteiger partial charge < -0.3 is 10.2 Å². The minimum atomic E-state index is -0.820. The van der Waals surface area contributed by atoms with E-state index in [4.69, 9.17) is 5.11 Å². The Hall–Kier alpha value is -0.780. The van der Waals surface area contributed by atoms with Crippen molar-refractivity contribution in [2.45, 2.75) is 12.8 Å². The van der Waals surface area contributed by atoms with E-state index in [-0.39, 0.29) is 12.2 Å². The number of carbonyl (C=O) groups is 1. The quantitative estimate of drug-likeness (QED) is 0.838. The summed E-state index contributed by atoms with van der Waals surface area (Å²) in [6, 6.07) is 5.13. The number of aliphatic carboxylic acids is 1. The Morgan fingerprint density at radius 2 is 2.15 bits per heavy atom. The zero-order valence-electron chi connectivity index (χ0n) is 6.83. The van der Waals surface area contributed by atoms with Crippen molar-refractivity contribution in [2.75, 3.05) is 0 Å². The number of rotatable bonds is 3. The molecule has 13 heavy (non-hydrogen) atoms. The molecule has 0 amide bonds. The molecule has 0 saturated heterocycles. The molecule has 0 unspecified atom stereocenters. The number of halogens is 1. The van der Waals surface area contributed by atoms with E-state index < -0.39 is 5.97 Å². The number of hydrogen-bond acceptors (Lipinski definition) is 2. The lowest BCUT2D eigenvalue weighted by atomic mass is 10.1. The lowest BCUT2D eigenvalue weighted by Crippen LogP contribution is -1.98. The van der Waals surface area contributed by atoms with E-state index in [1.807, 2.05) is 28.7 Å². The Balaban J connectivity index is 2.77. The van der Waals surface area contributed by atoms with Gasteiger partial charge in [-0.05, 0) is 40.6 Å². The zero-order valence-corrected chi connectivity index (χ0v) is 8.98. The van der Waals surface area contributed by atoms with Crippen molar-refractivity contribution in [1.29, 1.82) is 0 Å². The Morgan fingerprint density at radius 1 is 1.46 bits per heavy atom. The number of phenolic OH excluding ortho intramolecular Hbond substituents is 1. The van der Waals surface area contributed by atoms with E-state index >= 15 is 0 Å². The molecular formula is C9H9IO3. The molecule has 0 spiro atoms. The van der Waals surface area contributed by atoms with Crippen molar-refractivity contribution >= 4 is 28.6 Å². The Bertz CT molecular complexity index is 323. The van der Waals surface area contributed by atoms with Gasteiger partial charge >= 0.3 is 5.97 Å². The van der Waals surface area contributed by atoms with Crippen LogP contribution in [0.4, 0.5) is 0 Å². The summed E-state index contributed by atoms with van der Waals surface area (Å²) >= 11 is 2.01. The second kappa shape index (κ2) is 4.45. The summed E-state index contributed by atoms with van der Waals surface area (Å²) in [6.07, 6.45) is 0.557. The average Bonchev–Trinajstić information content (AvgIpc) is 2.07. The predicted octanol–water partition coefficient (Wildman–Crippen LogP) is 2.01. The molecule has 3 nitrogen and oxygen atoms in total. The Morgan fingerprint density at radius 3 is 2.77 bits per heavy atom. The van der Waals surface area contributed by atoms with Gasteiger partial charge in [0.05, 0.1) is 3.57 Å². The van der Waals surface area contributed by atoms with E-state index in [1.165, 1.54) is 0 Å². The number of phenols is 1. The second-order valence-electron chi connectivity index (χ2n) is 2.64. The van der Waals surface area contributed by atoms with Crippen molar-refractivity contribution in [1.82, 2.24) is 0 Å². The predicted molar refractivity (Wildman–Crippen MR) is 56.8 cm³/mol. The third-order valence-corrected chi connectivity index (χ3v) is 2.91. The largest absolute Gasteiger partial charge is 0.507 e. The number of carboxylic acid groups (broad SMARTS) is 1. The zero-order chi connectivity index (χ0) is 9.84. The van der Waals surface area contributed by atoms with Gasteiger partial charge in [0.15, 0.2) is 0 Å². The first kappa shape index (κ1) is 10.3. The normalized spacial score (nSPS) is 9.92. The molecule has 0 radical (unpaired) electrons. The van der Waals surface area contributed by atoms with E-state index in [9.17, 15) is 9.90 Å². The molecule has 0 aromatic heterocycles. The lowest BCUT2D eigenvalue weighted by Gasteiger charge is -2.03. The first-order valence-corrected chi connectivity index (χ1v) is 4.87. The number of aromatic hydroxyl groups is 1. The SMILES string of the molecule is O=C(O)CCc1cccc(O)c1I. The fourth-order valence-electron chi connectivity index (χ4n) is 1.00. The summed E-state index contributed by atoms with van der Waals surface area (Å²) in [4.78, 5) is 10.3. The lowest BCUT2D eigenvalue weighted by molar-refractivity contribution is -0.136. The molecule has 0 aliphatic rings. The highest BCUT2D eigenvalue weighted by Crippen LogP contribution is 2.23. The smallest absolute Gasteiger partial charge is 0.303 e. The highest BCUT2D eigenvalue weighted by atomic mass is 127. The van der Waals surface area contributed by atoms with Gasteiger partial charge in [0.2, 0.25) is 0 Å². The van der Waals surface area contributed by atoms with Gasteiger partial charge in [-0.2, -0.15) is 0 Å². The van der Waals surface area contributed by atoms with Crippen LogP contribution in [0.25, 0.3) is 0 Å². The summed E-state index contributed by atoms with van der Waals surface area (Å²) in [5, 5.41) is 17.8. The maximum absolute atomic E-state index is 10.3. The topological polar surface area (TPSA) is 57.5 Å². The molecule has 1 rings (SSSR count). The third-order valence-electron chi connectivity index (χ3n) is 1.67. The van der Waals surface area contributed by atoms with Crippen LogP contribution in [-0.2, 0) is 11.2 Å². The fraction of sp³-hybridized carbons (Fsp3) is 0.222. The first-order valence-electron chi connectivity index (χ1n) is 3.79. The summed E-state index contributed by atoms with van der Waals surface area (Å²) < 4.78 is 0.737. The highest BCUT2D eigenvalue weighted by Gasteiger charge is 2.05. The maximum Gasteiger partial charge on any atom is 0.303 e. The van der Waals surface area contributed by atoms with Gasteiger partial charge in [-0.1, -0.05) is 12.1 Å². The molecule has 0 bridgehead atoms. The van der Waals surface area contributed by atoms with Gasteiger partial charge in [-0.3, -0.25) is 4.79 Å². The number of aryl methyl sites for hydroxylation is 1. The van der Waals surface area contributed by atoms with Crippen LogP contribution in [0.1, 0.15) is 12.0 Å². The number of benzene rings is 1. The molecule has 0 aliphatic heterocycles. The number of hydrogen-bond donors (Lipinski definition) is 2. The molecular weight excluding hydrogens is 283 g/mol. The fourth-order valence-corrected chi connectivity index (χ4v) is 1.63. The summed E-state index contributed by atoms with van der Waals surface area (Å²) in [5.74, 6) is -0.609. The van der Waals surface area contributed by atoms with Crippen LogP contribution in [0.3, 0.4) is 0 Å². The Labute approximate surface area is 89.5 Å². The molecule has 4 heteroatoms. The molecule has 0 aliphatic carbocycles. The second-order valence-corrected chi connectivity index (χ2v) is 3.72. The van der Waals surface area contributed by atoms with Crippen molar-refractivity contribution in [3.05, 3.63) is 27.3 Å². The van der Waals surface area contributed by atoms with Crippen LogP contribution in [0.5, 0.6) is 5.75 Å². The molecule has 1 aromatic carbocycles. The monoisotopic (exact) mass is 292 g/mol. The first-order chi connectivity index (χ1) is 6.11. The minimum absolute atomic E-state index is 0.0967. The molecule has 0 heterocycles. The molecule has 1 aromatic rings. The molecule has 0 atom stereocenters. The summed E-state index contributed by atoms with van der Waals surface area (Å²) in [7, 11) is 0. The van der Waals surface area contributed by atoms with Gasteiger partial charge in [-0.15, -0.1) is 0 Å². The van der Waals surface area contributed by atoms with Gasteiger partial charge in [0, 0.05) is 6.42 Å². The summed E-state index contributed by atoms with van der Waals surface area (Å²) in [5.41, 5.74) is 0.878. The minimum Gasteiger partial charge on any atom is -0.507 e. The van der Waals surface area contributed by atoms with Crippen molar-refractivity contribution < 1.29 is 15.0 Å². The van der Waals surface area contributed by atoms with Crippen molar-refractivity contribution in [3.63, 3.8) is 0 Å². The van der Waals surface area contributed by atoms with Crippen LogP contribution in [0, 0.1) is 3.57 Å². The average molecular weight is 292 g/mol. The molecule has 0 saturated carbocycles. The van der Waals surface area contributed by atoms with Gasteiger partial charge in [-0.25, -0.2) is 0 Å². The van der Waals surface area contributed by atoms with Gasteiger partial charge in [0.1, 0.15) is 5.75 Å². The maximum atomic E-state index is 10.3.